The molecule has 3 aromatic carbocycles. The highest BCUT2D eigenvalue weighted by molar-refractivity contribution is 7.92. The van der Waals surface area contributed by atoms with Gasteiger partial charge < -0.3 is 10.2 Å². The van der Waals surface area contributed by atoms with Gasteiger partial charge in [0.2, 0.25) is 21.8 Å². The fourth-order valence-corrected chi connectivity index (χ4v) is 5.61. The SMILES string of the molecule is Cc1cc(Cl)ccc1N(CC(=O)N(Cc1cccc(Cl)c1)C(Cc1ccccc1)C(=O)NC(C)C)S(C)(=O)=O. The standard InChI is InChI=1S/C29H33Cl2N3O4S/c1-20(2)32-29(36)27(17-22-9-6-5-7-10-22)33(18-23-11-8-12-24(30)16-23)28(35)19-34(39(4,37)38)26-14-13-25(31)15-21(26)3/h5-16,20,27H,17-19H2,1-4H3,(H,32,36). The van der Waals surface area contributed by atoms with Crippen LogP contribution in [-0.2, 0) is 32.6 Å². The second-order valence-electron chi connectivity index (χ2n) is 9.72. The van der Waals surface area contributed by atoms with Gasteiger partial charge in [-0.3, -0.25) is 13.9 Å². The Labute approximate surface area is 240 Å². The second kappa shape index (κ2) is 13.3. The monoisotopic (exact) mass is 589 g/mol. The molecular weight excluding hydrogens is 557 g/mol. The molecule has 208 valence electrons. The number of anilines is 1. The van der Waals surface area contributed by atoms with Crippen molar-refractivity contribution in [2.24, 2.45) is 0 Å². The molecule has 7 nitrogen and oxygen atoms in total. The van der Waals surface area contributed by atoms with Crippen molar-refractivity contribution in [3.05, 3.63) is 99.5 Å². The van der Waals surface area contributed by atoms with E-state index < -0.39 is 28.5 Å². The number of halogens is 2. The van der Waals surface area contributed by atoms with E-state index in [-0.39, 0.29) is 24.9 Å². The summed E-state index contributed by atoms with van der Waals surface area (Å²) in [7, 11) is -3.86. The van der Waals surface area contributed by atoms with Crippen molar-refractivity contribution in [2.75, 3.05) is 17.1 Å². The summed E-state index contributed by atoms with van der Waals surface area (Å²) in [6.45, 7) is 4.97. The highest BCUT2D eigenvalue weighted by Crippen LogP contribution is 2.26. The summed E-state index contributed by atoms with van der Waals surface area (Å²) in [5.41, 5.74) is 2.50. The number of sulfonamides is 1. The van der Waals surface area contributed by atoms with Crippen LogP contribution in [0.1, 0.15) is 30.5 Å². The Morgan fingerprint density at radius 3 is 2.13 bits per heavy atom. The Morgan fingerprint density at radius 1 is 0.897 bits per heavy atom. The molecule has 3 rings (SSSR count). The topological polar surface area (TPSA) is 86.8 Å². The first-order valence-electron chi connectivity index (χ1n) is 12.5. The molecule has 0 aliphatic carbocycles. The molecule has 1 atom stereocenters. The third-order valence-electron chi connectivity index (χ3n) is 6.05. The van der Waals surface area contributed by atoms with Gasteiger partial charge in [0, 0.05) is 29.1 Å². The van der Waals surface area contributed by atoms with Crippen LogP contribution in [0, 0.1) is 6.92 Å². The van der Waals surface area contributed by atoms with Crippen molar-refractivity contribution in [2.45, 2.75) is 45.8 Å². The maximum absolute atomic E-state index is 14.0. The first-order chi connectivity index (χ1) is 18.3. The number of nitrogens with zero attached hydrogens (tertiary/aromatic N) is 2. The zero-order chi connectivity index (χ0) is 28.7. The lowest BCUT2D eigenvalue weighted by atomic mass is 10.0. The molecule has 10 heteroatoms. The van der Waals surface area contributed by atoms with Gasteiger partial charge in [0.25, 0.3) is 0 Å². The zero-order valence-corrected chi connectivity index (χ0v) is 24.7. The van der Waals surface area contributed by atoms with Crippen LogP contribution in [0.15, 0.2) is 72.8 Å². The van der Waals surface area contributed by atoms with Gasteiger partial charge in [-0.05, 0) is 67.8 Å². The number of carbonyl (C=O) groups is 2. The van der Waals surface area contributed by atoms with E-state index in [1.165, 1.54) is 4.90 Å². The van der Waals surface area contributed by atoms with Crippen LogP contribution in [0.5, 0.6) is 0 Å². The normalized spacial score (nSPS) is 12.2. The highest BCUT2D eigenvalue weighted by atomic mass is 35.5. The molecule has 0 aliphatic heterocycles. The predicted octanol–water partition coefficient (Wildman–Crippen LogP) is 5.23. The van der Waals surface area contributed by atoms with Gasteiger partial charge >= 0.3 is 0 Å². The van der Waals surface area contributed by atoms with E-state index in [1.54, 1.807) is 43.3 Å². The Kier molecular flexibility index (Phi) is 10.4. The van der Waals surface area contributed by atoms with Crippen LogP contribution in [0.3, 0.4) is 0 Å². The van der Waals surface area contributed by atoms with Crippen LogP contribution in [-0.4, -0.2) is 50.0 Å². The van der Waals surface area contributed by atoms with E-state index in [2.05, 4.69) is 5.32 Å². The quantitative estimate of drug-likeness (QED) is 0.331. The molecule has 0 radical (unpaired) electrons. The zero-order valence-electron chi connectivity index (χ0n) is 22.4. The molecule has 0 aromatic heterocycles. The first-order valence-corrected chi connectivity index (χ1v) is 15.1. The van der Waals surface area contributed by atoms with Gasteiger partial charge in [-0.15, -0.1) is 0 Å². The summed E-state index contributed by atoms with van der Waals surface area (Å²) < 4.78 is 26.8. The minimum absolute atomic E-state index is 0.0552. The molecule has 0 bridgehead atoms. The van der Waals surface area contributed by atoms with E-state index in [1.807, 2.05) is 50.2 Å². The van der Waals surface area contributed by atoms with Crippen LogP contribution in [0.25, 0.3) is 0 Å². The Hall–Kier alpha value is -3.07. The van der Waals surface area contributed by atoms with Gasteiger partial charge in [-0.2, -0.15) is 0 Å². The van der Waals surface area contributed by atoms with Crippen molar-refractivity contribution >= 4 is 50.7 Å². The smallest absolute Gasteiger partial charge is 0.244 e. The predicted molar refractivity (Wildman–Crippen MR) is 158 cm³/mol. The number of hydrogen-bond donors (Lipinski definition) is 1. The van der Waals surface area contributed by atoms with Crippen molar-refractivity contribution in [3.63, 3.8) is 0 Å². The molecular formula is C29H33Cl2N3O4S. The average Bonchev–Trinajstić information content (AvgIpc) is 2.84. The minimum atomic E-state index is -3.86. The molecule has 0 saturated heterocycles. The number of carbonyl (C=O) groups excluding carboxylic acids is 2. The van der Waals surface area contributed by atoms with Crippen molar-refractivity contribution in [1.82, 2.24) is 10.2 Å². The summed E-state index contributed by atoms with van der Waals surface area (Å²) in [5.74, 6) is -0.868. The molecule has 1 unspecified atom stereocenters. The number of amides is 2. The molecule has 0 aliphatic rings. The Morgan fingerprint density at radius 2 is 1.54 bits per heavy atom. The molecule has 0 spiro atoms. The molecule has 1 N–H and O–H groups in total. The van der Waals surface area contributed by atoms with Crippen LogP contribution in [0.4, 0.5) is 5.69 Å². The summed E-state index contributed by atoms with van der Waals surface area (Å²) in [6, 6.07) is 20.1. The van der Waals surface area contributed by atoms with Crippen molar-refractivity contribution in [3.8, 4) is 0 Å². The number of benzene rings is 3. The summed E-state index contributed by atoms with van der Waals surface area (Å²) in [6.07, 6.45) is 1.28. The van der Waals surface area contributed by atoms with E-state index in [9.17, 15) is 18.0 Å². The van der Waals surface area contributed by atoms with E-state index in [4.69, 9.17) is 23.2 Å². The van der Waals surface area contributed by atoms with Gasteiger partial charge in [0.1, 0.15) is 12.6 Å². The van der Waals surface area contributed by atoms with Gasteiger partial charge in [-0.1, -0.05) is 65.7 Å². The number of rotatable bonds is 11. The van der Waals surface area contributed by atoms with E-state index >= 15 is 0 Å². The maximum atomic E-state index is 14.0. The maximum Gasteiger partial charge on any atom is 0.244 e. The summed E-state index contributed by atoms with van der Waals surface area (Å²) in [4.78, 5) is 29.0. The van der Waals surface area contributed by atoms with Crippen LogP contribution in [0.2, 0.25) is 10.0 Å². The second-order valence-corrected chi connectivity index (χ2v) is 12.5. The molecule has 0 saturated carbocycles. The molecule has 0 heterocycles. The molecule has 0 fully saturated rings. The lowest BCUT2D eigenvalue weighted by molar-refractivity contribution is -0.140. The van der Waals surface area contributed by atoms with Gasteiger partial charge in [-0.25, -0.2) is 8.42 Å². The average molecular weight is 591 g/mol. The molecule has 3 aromatic rings. The van der Waals surface area contributed by atoms with Gasteiger partial charge in [0.05, 0.1) is 11.9 Å². The minimum Gasteiger partial charge on any atom is -0.352 e. The number of hydrogen-bond acceptors (Lipinski definition) is 4. The van der Waals surface area contributed by atoms with Crippen molar-refractivity contribution in [1.29, 1.82) is 0 Å². The third-order valence-corrected chi connectivity index (χ3v) is 7.65. The van der Waals surface area contributed by atoms with Crippen LogP contribution < -0.4 is 9.62 Å². The third kappa shape index (κ3) is 8.71. The first kappa shape index (κ1) is 30.5. The Balaban J connectivity index is 2.07. The Bertz CT molecular complexity index is 1420. The lowest BCUT2D eigenvalue weighted by Gasteiger charge is -2.34. The summed E-state index contributed by atoms with van der Waals surface area (Å²) >= 11 is 12.3. The fourth-order valence-electron chi connectivity index (χ4n) is 4.26. The van der Waals surface area contributed by atoms with Gasteiger partial charge in [0.15, 0.2) is 0 Å². The lowest BCUT2D eigenvalue weighted by Crippen LogP contribution is -2.54. The molecule has 39 heavy (non-hydrogen) atoms. The van der Waals surface area contributed by atoms with E-state index in [0.29, 0.717) is 26.9 Å². The number of nitrogens with one attached hydrogen (secondary N) is 1. The van der Waals surface area contributed by atoms with Crippen molar-refractivity contribution < 1.29 is 18.0 Å². The molecule has 2 amide bonds. The van der Waals surface area contributed by atoms with Crippen LogP contribution >= 0.6 is 23.2 Å². The summed E-state index contributed by atoms with van der Waals surface area (Å²) in [5, 5.41) is 3.86. The fraction of sp³-hybridized carbons (Fsp3) is 0.310. The highest BCUT2D eigenvalue weighted by Gasteiger charge is 2.33. The van der Waals surface area contributed by atoms with E-state index in [0.717, 1.165) is 16.1 Å². The largest absolute Gasteiger partial charge is 0.352 e. The number of aryl methyl sites for hydroxylation is 1.